The van der Waals surface area contributed by atoms with E-state index in [4.69, 9.17) is 16.3 Å². The quantitative estimate of drug-likeness (QED) is 0.233. The molecule has 3 rings (SSSR count). The number of hydrogen-bond acceptors (Lipinski definition) is 3. The molecule has 0 saturated heterocycles. The summed E-state index contributed by atoms with van der Waals surface area (Å²) in [4.78, 5) is 12.4. The van der Waals surface area contributed by atoms with Crippen LogP contribution >= 0.6 is 34.2 Å². The Kier molecular flexibility index (Phi) is 7.44. The van der Waals surface area contributed by atoms with E-state index in [9.17, 15) is 14.4 Å². The van der Waals surface area contributed by atoms with E-state index in [-0.39, 0.29) is 11.4 Å². The Morgan fingerprint density at radius 2 is 1.90 bits per heavy atom. The van der Waals surface area contributed by atoms with Crippen LogP contribution in [0.3, 0.4) is 0 Å². The first-order chi connectivity index (χ1) is 14.5. The number of hydrogen-bond donors (Lipinski definition) is 1. The summed E-state index contributed by atoms with van der Waals surface area (Å²) in [6, 6.07) is 20.1. The highest BCUT2D eigenvalue weighted by Crippen LogP contribution is 2.25. The summed E-state index contributed by atoms with van der Waals surface area (Å²) in [7, 11) is 0. The minimum atomic E-state index is -0.544. The fraction of sp³-hybridized carbons (Fsp3) is 0.0435. The van der Waals surface area contributed by atoms with E-state index < -0.39 is 5.91 Å². The van der Waals surface area contributed by atoms with E-state index in [1.165, 1.54) is 18.2 Å². The smallest absolute Gasteiger partial charge is 0.266 e. The van der Waals surface area contributed by atoms with Gasteiger partial charge < -0.3 is 10.1 Å². The second-order valence-electron chi connectivity index (χ2n) is 6.21. The van der Waals surface area contributed by atoms with Gasteiger partial charge in [0.05, 0.1) is 14.3 Å². The van der Waals surface area contributed by atoms with Crippen LogP contribution in [0.1, 0.15) is 11.1 Å². The molecular weight excluding hydrogens is 518 g/mol. The first-order valence-electron chi connectivity index (χ1n) is 8.81. The maximum Gasteiger partial charge on any atom is 0.266 e. The van der Waals surface area contributed by atoms with Crippen LogP contribution in [-0.4, -0.2) is 5.91 Å². The Morgan fingerprint density at radius 3 is 2.57 bits per heavy atom. The minimum absolute atomic E-state index is 0.0503. The third-order valence-electron chi connectivity index (χ3n) is 4.06. The standard InChI is InChI=1S/C23H15ClFIN2O2/c24-19-3-1-2-4-21(19)28-23(29)17(13-27)11-16-7-10-22(20(26)12-16)30-14-15-5-8-18(25)9-6-15/h1-12H,14H2,(H,28,29)/b17-11+. The lowest BCUT2D eigenvalue weighted by molar-refractivity contribution is -0.112. The van der Waals surface area contributed by atoms with Crippen LogP contribution in [-0.2, 0) is 11.4 Å². The molecule has 1 amide bonds. The number of carbonyl (C=O) groups is 1. The topological polar surface area (TPSA) is 62.1 Å². The molecule has 0 aromatic heterocycles. The van der Waals surface area contributed by atoms with Crippen molar-refractivity contribution in [2.75, 3.05) is 5.32 Å². The van der Waals surface area contributed by atoms with Gasteiger partial charge >= 0.3 is 0 Å². The van der Waals surface area contributed by atoms with Crippen molar-refractivity contribution in [1.82, 2.24) is 0 Å². The Hall–Kier alpha value is -2.89. The number of anilines is 1. The lowest BCUT2D eigenvalue weighted by atomic mass is 10.1. The van der Waals surface area contributed by atoms with Gasteiger partial charge in [0, 0.05) is 0 Å². The molecule has 3 aromatic rings. The van der Waals surface area contributed by atoms with Crippen molar-refractivity contribution in [3.8, 4) is 11.8 Å². The summed E-state index contributed by atoms with van der Waals surface area (Å²) >= 11 is 8.16. The summed E-state index contributed by atoms with van der Waals surface area (Å²) in [5.74, 6) is -0.190. The van der Waals surface area contributed by atoms with Crippen molar-refractivity contribution in [1.29, 1.82) is 5.26 Å². The van der Waals surface area contributed by atoms with E-state index in [0.717, 1.165) is 9.13 Å². The molecule has 0 aliphatic rings. The molecule has 0 saturated carbocycles. The second-order valence-corrected chi connectivity index (χ2v) is 7.78. The average Bonchev–Trinajstić information content (AvgIpc) is 2.74. The van der Waals surface area contributed by atoms with Crippen LogP contribution in [0.5, 0.6) is 5.75 Å². The molecule has 3 aromatic carbocycles. The van der Waals surface area contributed by atoms with Crippen LogP contribution in [0.4, 0.5) is 10.1 Å². The molecule has 4 nitrogen and oxygen atoms in total. The van der Waals surface area contributed by atoms with Crippen molar-refractivity contribution in [3.05, 3.63) is 97.8 Å². The molecule has 0 radical (unpaired) electrons. The van der Waals surface area contributed by atoms with Crippen LogP contribution in [0.15, 0.2) is 72.3 Å². The SMILES string of the molecule is N#C/C(=C\c1ccc(OCc2ccc(F)cc2)c(I)c1)C(=O)Nc1ccccc1Cl. The average molecular weight is 533 g/mol. The van der Waals surface area contributed by atoms with Crippen molar-refractivity contribution in [3.63, 3.8) is 0 Å². The summed E-state index contributed by atoms with van der Waals surface area (Å²) in [6.45, 7) is 0.301. The number of rotatable bonds is 6. The predicted octanol–water partition coefficient (Wildman–Crippen LogP) is 6.21. The Balaban J connectivity index is 1.71. The van der Waals surface area contributed by atoms with Gasteiger partial charge in [0.25, 0.3) is 5.91 Å². The molecule has 0 aliphatic heterocycles. The van der Waals surface area contributed by atoms with Gasteiger partial charge in [-0.05, 0) is 76.2 Å². The van der Waals surface area contributed by atoms with Gasteiger partial charge in [0.1, 0.15) is 29.8 Å². The third-order valence-corrected chi connectivity index (χ3v) is 5.23. The van der Waals surface area contributed by atoms with Crippen LogP contribution in [0, 0.1) is 20.7 Å². The Morgan fingerprint density at radius 1 is 1.17 bits per heavy atom. The van der Waals surface area contributed by atoms with Crippen LogP contribution in [0.25, 0.3) is 6.08 Å². The number of carbonyl (C=O) groups excluding carboxylic acids is 1. The number of nitrogens with one attached hydrogen (secondary N) is 1. The molecule has 0 atom stereocenters. The maximum atomic E-state index is 13.0. The Labute approximate surface area is 192 Å². The zero-order valence-corrected chi connectivity index (χ0v) is 18.4. The van der Waals surface area contributed by atoms with Crippen molar-refractivity contribution < 1.29 is 13.9 Å². The first kappa shape index (κ1) is 21.8. The highest BCUT2D eigenvalue weighted by atomic mass is 127. The number of nitriles is 1. The molecule has 1 N–H and O–H groups in total. The zero-order valence-electron chi connectivity index (χ0n) is 15.5. The van der Waals surface area contributed by atoms with E-state index in [1.807, 2.05) is 6.07 Å². The molecule has 0 bridgehead atoms. The predicted molar refractivity (Wildman–Crippen MR) is 124 cm³/mol. The largest absolute Gasteiger partial charge is 0.488 e. The molecule has 150 valence electrons. The summed E-state index contributed by atoms with van der Waals surface area (Å²) in [6.07, 6.45) is 1.50. The molecule has 0 spiro atoms. The zero-order chi connectivity index (χ0) is 21.5. The number of halogens is 3. The number of para-hydroxylation sites is 1. The molecule has 0 aliphatic carbocycles. The van der Waals surface area contributed by atoms with Crippen LogP contribution in [0.2, 0.25) is 5.02 Å². The molecule has 30 heavy (non-hydrogen) atoms. The molecular formula is C23H15ClFIN2O2. The summed E-state index contributed by atoms with van der Waals surface area (Å²) in [5.41, 5.74) is 1.91. The third kappa shape index (κ3) is 5.81. The summed E-state index contributed by atoms with van der Waals surface area (Å²) < 4.78 is 19.6. The van der Waals surface area contributed by atoms with Gasteiger partial charge in [-0.1, -0.05) is 41.9 Å². The highest BCUT2D eigenvalue weighted by molar-refractivity contribution is 14.1. The maximum absolute atomic E-state index is 13.0. The van der Waals surface area contributed by atoms with Gasteiger partial charge in [-0.25, -0.2) is 4.39 Å². The van der Waals surface area contributed by atoms with Crippen molar-refractivity contribution >= 4 is 51.9 Å². The molecule has 7 heteroatoms. The van der Waals surface area contributed by atoms with Crippen molar-refractivity contribution in [2.45, 2.75) is 6.61 Å². The second kappa shape index (κ2) is 10.2. The molecule has 0 fully saturated rings. The van der Waals surface area contributed by atoms with Gasteiger partial charge in [0.2, 0.25) is 0 Å². The highest BCUT2D eigenvalue weighted by Gasteiger charge is 2.12. The lowest BCUT2D eigenvalue weighted by Gasteiger charge is -2.09. The minimum Gasteiger partial charge on any atom is -0.488 e. The molecule has 0 unspecified atom stereocenters. The fourth-order valence-electron chi connectivity index (χ4n) is 2.53. The number of ether oxygens (including phenoxy) is 1. The monoisotopic (exact) mass is 532 g/mol. The molecule has 0 heterocycles. The van der Waals surface area contributed by atoms with Gasteiger partial charge in [0.15, 0.2) is 0 Å². The number of nitrogens with zero attached hydrogens (tertiary/aromatic N) is 1. The Bertz CT molecular complexity index is 1140. The van der Waals surface area contributed by atoms with Crippen LogP contribution < -0.4 is 10.1 Å². The van der Waals surface area contributed by atoms with E-state index >= 15 is 0 Å². The van der Waals surface area contributed by atoms with E-state index in [0.29, 0.717) is 28.6 Å². The van der Waals surface area contributed by atoms with E-state index in [2.05, 4.69) is 27.9 Å². The number of benzene rings is 3. The van der Waals surface area contributed by atoms with Gasteiger partial charge in [-0.3, -0.25) is 4.79 Å². The van der Waals surface area contributed by atoms with Crippen molar-refractivity contribution in [2.24, 2.45) is 0 Å². The lowest BCUT2D eigenvalue weighted by Crippen LogP contribution is -2.13. The summed E-state index contributed by atoms with van der Waals surface area (Å²) in [5, 5.41) is 12.4. The number of amides is 1. The normalized spacial score (nSPS) is 10.9. The first-order valence-corrected chi connectivity index (χ1v) is 10.3. The van der Waals surface area contributed by atoms with Gasteiger partial charge in [-0.2, -0.15) is 5.26 Å². The fourth-order valence-corrected chi connectivity index (χ4v) is 3.41. The van der Waals surface area contributed by atoms with Gasteiger partial charge in [-0.15, -0.1) is 0 Å². The van der Waals surface area contributed by atoms with E-state index in [1.54, 1.807) is 54.6 Å².